The van der Waals surface area contributed by atoms with Crippen LogP contribution in [0, 0.1) is 5.92 Å². The summed E-state index contributed by atoms with van der Waals surface area (Å²) in [5, 5.41) is 10.4. The van der Waals surface area contributed by atoms with E-state index < -0.39 is 5.97 Å². The monoisotopic (exact) mass is 170 g/mol. The van der Waals surface area contributed by atoms with E-state index >= 15 is 0 Å². The minimum Gasteiger partial charge on any atom is -0.478 e. The third kappa shape index (κ3) is 0.822. The van der Waals surface area contributed by atoms with E-state index in [1.165, 1.54) is 11.8 Å². The third-order valence-corrected chi connectivity index (χ3v) is 3.25. The average molecular weight is 170 g/mol. The quantitative estimate of drug-likeness (QED) is 0.628. The molecule has 1 fully saturated rings. The zero-order chi connectivity index (χ0) is 8.01. The van der Waals surface area contributed by atoms with Crippen LogP contribution in [0.15, 0.2) is 11.0 Å². The van der Waals surface area contributed by atoms with E-state index in [-0.39, 0.29) is 22.5 Å². The fraction of sp³-hybridized carbons (Fsp3) is 0.429. The number of carbonyl (C=O) groups is 2. The van der Waals surface area contributed by atoms with Crippen molar-refractivity contribution in [1.82, 2.24) is 0 Å². The maximum Gasteiger partial charge on any atom is 0.332 e. The first-order chi connectivity index (χ1) is 5.20. The molecule has 4 heteroatoms. The molecule has 0 aromatic rings. The summed E-state index contributed by atoms with van der Waals surface area (Å²) in [7, 11) is 0. The van der Waals surface area contributed by atoms with Crippen molar-refractivity contribution in [3.05, 3.63) is 11.0 Å². The first kappa shape index (κ1) is 6.91. The van der Waals surface area contributed by atoms with Crippen molar-refractivity contribution in [2.24, 2.45) is 5.92 Å². The van der Waals surface area contributed by atoms with Crippen LogP contribution in [0.2, 0.25) is 0 Å². The molecule has 0 aromatic carbocycles. The summed E-state index contributed by atoms with van der Waals surface area (Å²) in [6, 6.07) is 0. The molecule has 1 unspecified atom stereocenters. The van der Waals surface area contributed by atoms with Gasteiger partial charge in [-0.05, 0) is 5.41 Å². The molecule has 0 radical (unpaired) electrons. The minimum absolute atomic E-state index is 0.0775. The van der Waals surface area contributed by atoms with Gasteiger partial charge >= 0.3 is 5.97 Å². The predicted octanol–water partition coefficient (Wildman–Crippen LogP) is 0.659. The molecule has 0 saturated heterocycles. The van der Waals surface area contributed by atoms with Crippen LogP contribution >= 0.6 is 11.8 Å². The predicted molar refractivity (Wildman–Crippen MR) is 40.2 cm³/mol. The number of hydrogen-bond donors (Lipinski definition) is 1. The van der Waals surface area contributed by atoms with Crippen LogP contribution in [0.4, 0.5) is 0 Å². The summed E-state index contributed by atoms with van der Waals surface area (Å²) in [6.07, 6.45) is 0.544. The average Bonchev–Trinajstić information content (AvgIpc) is 2.25. The Morgan fingerprint density at radius 1 is 1.73 bits per heavy atom. The Kier molecular flexibility index (Phi) is 1.32. The van der Waals surface area contributed by atoms with Crippen LogP contribution in [0.5, 0.6) is 0 Å². The lowest BCUT2D eigenvalue weighted by molar-refractivity contribution is -0.136. The van der Waals surface area contributed by atoms with Crippen molar-refractivity contribution in [3.63, 3.8) is 0 Å². The largest absolute Gasteiger partial charge is 0.478 e. The fourth-order valence-corrected chi connectivity index (χ4v) is 2.69. The molecule has 3 nitrogen and oxygen atoms in total. The number of carbonyl (C=O) groups excluding carboxylic acids is 1. The first-order valence-electron chi connectivity index (χ1n) is 3.31. The Hall–Kier alpha value is -0.770. The molecule has 11 heavy (non-hydrogen) atoms. The van der Waals surface area contributed by atoms with E-state index in [2.05, 4.69) is 0 Å². The molecule has 1 aliphatic carbocycles. The van der Waals surface area contributed by atoms with Gasteiger partial charge in [-0.15, -0.1) is 11.8 Å². The molecule has 58 valence electrons. The molecule has 2 atom stereocenters. The van der Waals surface area contributed by atoms with Crippen molar-refractivity contribution in [1.29, 1.82) is 0 Å². The number of fused-ring (bicyclic) bond motifs is 1. The Labute approximate surface area is 67.5 Å². The third-order valence-electron chi connectivity index (χ3n) is 2.07. The number of Topliss-reactive ketones (excluding diaryl/α,β-unsaturated/α-hetero) is 1. The van der Waals surface area contributed by atoms with Crippen LogP contribution in [0.1, 0.15) is 6.42 Å². The number of hydrogen-bond acceptors (Lipinski definition) is 3. The Bertz CT molecular complexity index is 269. The van der Waals surface area contributed by atoms with Gasteiger partial charge in [-0.1, -0.05) is 0 Å². The van der Waals surface area contributed by atoms with E-state index in [1.54, 1.807) is 5.41 Å². The van der Waals surface area contributed by atoms with Gasteiger partial charge in [0.2, 0.25) is 0 Å². The molecule has 1 N–H and O–H groups in total. The summed E-state index contributed by atoms with van der Waals surface area (Å²) in [5.41, 5.74) is 0.288. The summed E-state index contributed by atoms with van der Waals surface area (Å²) in [6.45, 7) is 0. The number of carboxylic acid groups (broad SMARTS) is 1. The van der Waals surface area contributed by atoms with Crippen molar-refractivity contribution in [3.8, 4) is 0 Å². The smallest absolute Gasteiger partial charge is 0.332 e. The number of carboxylic acids is 1. The Balaban J connectivity index is 2.24. The van der Waals surface area contributed by atoms with Gasteiger partial charge in [-0.2, -0.15) is 0 Å². The van der Waals surface area contributed by atoms with Gasteiger partial charge < -0.3 is 5.11 Å². The normalized spacial score (nSPS) is 34.2. The van der Waals surface area contributed by atoms with E-state index in [9.17, 15) is 9.59 Å². The molecule has 1 aliphatic heterocycles. The topological polar surface area (TPSA) is 54.4 Å². The molecule has 0 bridgehead atoms. The fourth-order valence-electron chi connectivity index (χ4n) is 1.41. The highest BCUT2D eigenvalue weighted by Crippen LogP contribution is 2.46. The molecule has 0 aromatic heterocycles. The van der Waals surface area contributed by atoms with Crippen LogP contribution in [0.25, 0.3) is 0 Å². The van der Waals surface area contributed by atoms with Crippen molar-refractivity contribution >= 4 is 23.5 Å². The number of rotatable bonds is 1. The van der Waals surface area contributed by atoms with Crippen molar-refractivity contribution < 1.29 is 14.7 Å². The standard InChI is InChI=1S/C7H6O3S/c8-4-1-5-6(4)3(2-11-5)7(9)10/h2,5-6H,1H2,(H,9,10)/t5-,6?/m1/s1. The second-order valence-corrected chi connectivity index (χ2v) is 3.81. The van der Waals surface area contributed by atoms with E-state index in [0.29, 0.717) is 6.42 Å². The number of aliphatic carboxylic acids is 1. The highest BCUT2D eigenvalue weighted by Gasteiger charge is 2.47. The molecule has 2 rings (SSSR count). The van der Waals surface area contributed by atoms with Crippen LogP contribution in [-0.4, -0.2) is 22.1 Å². The highest BCUT2D eigenvalue weighted by molar-refractivity contribution is 8.03. The number of ketones is 1. The van der Waals surface area contributed by atoms with Gasteiger partial charge in [0.15, 0.2) is 0 Å². The minimum atomic E-state index is -0.946. The van der Waals surface area contributed by atoms with Crippen molar-refractivity contribution in [2.45, 2.75) is 11.7 Å². The van der Waals surface area contributed by atoms with Gasteiger partial charge in [0.1, 0.15) is 5.78 Å². The van der Waals surface area contributed by atoms with E-state index in [0.717, 1.165) is 0 Å². The van der Waals surface area contributed by atoms with Crippen LogP contribution in [0.3, 0.4) is 0 Å². The molecule has 2 aliphatic rings. The van der Waals surface area contributed by atoms with Gasteiger partial charge in [-0.25, -0.2) is 4.79 Å². The molecule has 1 heterocycles. The Morgan fingerprint density at radius 2 is 2.45 bits per heavy atom. The maximum atomic E-state index is 10.9. The summed E-state index contributed by atoms with van der Waals surface area (Å²) in [4.78, 5) is 21.4. The number of thioether (sulfide) groups is 1. The van der Waals surface area contributed by atoms with Gasteiger partial charge in [0.25, 0.3) is 0 Å². The van der Waals surface area contributed by atoms with Crippen LogP contribution in [-0.2, 0) is 9.59 Å². The molecule has 0 spiro atoms. The summed E-state index contributed by atoms with van der Waals surface area (Å²) in [5.74, 6) is -1.16. The van der Waals surface area contributed by atoms with Gasteiger partial charge in [0.05, 0.1) is 11.5 Å². The van der Waals surface area contributed by atoms with Crippen molar-refractivity contribution in [2.75, 3.05) is 0 Å². The zero-order valence-electron chi connectivity index (χ0n) is 5.61. The Morgan fingerprint density at radius 3 is 2.91 bits per heavy atom. The SMILES string of the molecule is O=C(O)C1=CS[C@@H]2CC(=O)C12. The lowest BCUT2D eigenvalue weighted by Gasteiger charge is -2.28. The van der Waals surface area contributed by atoms with Gasteiger partial charge in [-0.3, -0.25) is 4.79 Å². The first-order valence-corrected chi connectivity index (χ1v) is 4.26. The maximum absolute atomic E-state index is 10.9. The van der Waals surface area contributed by atoms with E-state index in [1.807, 2.05) is 0 Å². The van der Waals surface area contributed by atoms with E-state index in [4.69, 9.17) is 5.11 Å². The lowest BCUT2D eigenvalue weighted by Crippen LogP contribution is -2.39. The molecule has 0 amide bonds. The van der Waals surface area contributed by atoms with Crippen LogP contribution < -0.4 is 0 Å². The zero-order valence-corrected chi connectivity index (χ0v) is 6.43. The highest BCUT2D eigenvalue weighted by atomic mass is 32.2. The lowest BCUT2D eigenvalue weighted by atomic mass is 9.78. The summed E-state index contributed by atoms with van der Waals surface area (Å²) >= 11 is 1.47. The molecular formula is C7H6O3S. The molecule has 1 saturated carbocycles. The second-order valence-electron chi connectivity index (χ2n) is 2.70. The second kappa shape index (κ2) is 2.11. The summed E-state index contributed by atoms with van der Waals surface area (Å²) < 4.78 is 0. The van der Waals surface area contributed by atoms with Gasteiger partial charge in [0, 0.05) is 11.7 Å². The molecular weight excluding hydrogens is 164 g/mol.